The lowest BCUT2D eigenvalue weighted by atomic mass is 9.78. The fourth-order valence-electron chi connectivity index (χ4n) is 20.5. The Balaban J connectivity index is 0.000000103. The fourth-order valence-corrected chi connectivity index (χ4v) is 21.7. The molecule has 0 radical (unpaired) electrons. The maximum atomic E-state index is 6.39. The summed E-state index contributed by atoms with van der Waals surface area (Å²) in [7, 11) is -0.341. The molecule has 1 fully saturated rings. The molecular weight excluding hydrogens is 2000 g/mol. The van der Waals surface area contributed by atoms with Gasteiger partial charge >= 0.3 is 7.12 Å². The molecule has 1 saturated heterocycles. The van der Waals surface area contributed by atoms with Crippen molar-refractivity contribution in [3.63, 3.8) is 0 Å². The van der Waals surface area contributed by atoms with Gasteiger partial charge in [-0.3, -0.25) is 0 Å². The minimum absolute atomic E-state index is 0.332. The number of nitrogens with zero attached hydrogens (tertiary/aromatic N) is 2. The standard InChI is InChI=1S/C48H31NO.C30H18BrNO.C24H25BO2.C19H14.C12H6BrIO/c1-3-11-32(12-4-1)34-15-9-16-35(27-34)36-17-10-18-37(28-36)39-22-25-47-43(30-39)44-31-40(23-26-48(44)50-47)49-45-20-8-7-19-41(45)42-29-38(21-24-46(42)49)33-13-5-2-6-14-33;31-21-11-14-29-25(17-21)26-18-22(12-15-30(26)33-29)32-27-9-5-4-8-23(27)24-16-20(10-13-28(24)32)19-6-2-1-3-7-19;1-23(2)24(3,4)27-25(26-23)22-15-9-14-21(17-22)20-13-8-12-19(16-20)18-10-6-5-7-11-18;1-2-6-14(7-3-1)15-10-11-17-12-16-8-4-5-9-18(16)19(17)13-15;13-7-1-3-11-9(5-7)10-6-8(14)2-4-12(10)15-11/h1-31H;1-18H;5-17H,1-4H3;1-11,13H,12H2;1-6H. The molecule has 6 heterocycles. The van der Waals surface area contributed by atoms with Gasteiger partial charge in [-0.2, -0.15) is 0 Å². The molecule has 5 aromatic heterocycles. The molecule has 144 heavy (non-hydrogen) atoms. The Morgan fingerprint density at radius 1 is 0.222 bits per heavy atom. The van der Waals surface area contributed by atoms with Crippen molar-refractivity contribution in [1.29, 1.82) is 0 Å². The molecule has 0 saturated carbocycles. The molecule has 0 bridgehead atoms. The van der Waals surface area contributed by atoms with E-state index in [1.807, 2.05) is 36.4 Å². The van der Waals surface area contributed by atoms with Crippen LogP contribution in [0.2, 0.25) is 0 Å². The summed E-state index contributed by atoms with van der Waals surface area (Å²) in [6.07, 6.45) is 1.07. The van der Waals surface area contributed by atoms with Crippen molar-refractivity contribution in [1.82, 2.24) is 9.13 Å². The van der Waals surface area contributed by atoms with Gasteiger partial charge in [0, 0.05) is 77.8 Å². The fraction of sp³-hybridized carbons (Fsp3) is 0.0526. The van der Waals surface area contributed by atoms with E-state index >= 15 is 0 Å². The van der Waals surface area contributed by atoms with Crippen LogP contribution in [0, 0.1) is 3.57 Å². The van der Waals surface area contributed by atoms with Crippen molar-refractivity contribution < 1.29 is 22.6 Å². The molecule has 0 amide bonds. The number of fused-ring (bicyclic) bond motifs is 18. The third-order valence-corrected chi connectivity index (χ3v) is 30.1. The predicted octanol–water partition coefficient (Wildman–Crippen LogP) is 37.7. The van der Waals surface area contributed by atoms with Crippen molar-refractivity contribution in [3.05, 3.63) is 509 Å². The van der Waals surface area contributed by atoms with Crippen LogP contribution < -0.4 is 5.46 Å². The number of para-hydroxylation sites is 2. The van der Waals surface area contributed by atoms with Crippen LogP contribution in [0.15, 0.2) is 508 Å². The maximum absolute atomic E-state index is 6.39. The summed E-state index contributed by atoms with van der Waals surface area (Å²) < 4.78 is 38.7. The molecule has 26 aromatic rings. The van der Waals surface area contributed by atoms with Crippen LogP contribution >= 0.6 is 54.5 Å². The van der Waals surface area contributed by atoms with Gasteiger partial charge in [0.05, 0.1) is 33.3 Å². The minimum Gasteiger partial charge on any atom is -0.456 e. The summed E-state index contributed by atoms with van der Waals surface area (Å²) in [5, 5.41) is 11.8. The van der Waals surface area contributed by atoms with Crippen LogP contribution in [0.25, 0.3) is 221 Å². The molecule has 1 aliphatic carbocycles. The largest absolute Gasteiger partial charge is 0.494 e. The topological polar surface area (TPSA) is 67.7 Å². The lowest BCUT2D eigenvalue weighted by Gasteiger charge is -2.32. The van der Waals surface area contributed by atoms with E-state index in [9.17, 15) is 0 Å². The summed E-state index contributed by atoms with van der Waals surface area (Å²) in [6, 6.07) is 172. The lowest BCUT2D eigenvalue weighted by molar-refractivity contribution is 0.00578. The van der Waals surface area contributed by atoms with Crippen LogP contribution in [0.3, 0.4) is 0 Å². The third kappa shape index (κ3) is 17.8. The number of rotatable bonds is 11. The number of benzene rings is 21. The number of aromatic nitrogens is 2. The first-order chi connectivity index (χ1) is 70.5. The highest BCUT2D eigenvalue weighted by molar-refractivity contribution is 14.1. The van der Waals surface area contributed by atoms with Crippen LogP contribution in [0.4, 0.5) is 0 Å². The van der Waals surface area contributed by atoms with E-state index in [-0.39, 0.29) is 18.3 Å². The molecule has 1 aliphatic heterocycles. The van der Waals surface area contributed by atoms with E-state index in [1.165, 1.54) is 158 Å². The molecule has 0 atom stereocenters. The average molecular weight is 2100 g/mol. The quantitative estimate of drug-likeness (QED) is 0.0953. The molecule has 28 rings (SSSR count). The zero-order chi connectivity index (χ0) is 97.1. The zero-order valence-electron chi connectivity index (χ0n) is 79.5. The summed E-state index contributed by atoms with van der Waals surface area (Å²) in [5.41, 5.74) is 38.0. The third-order valence-electron chi connectivity index (χ3n) is 28.5. The monoisotopic (exact) mass is 2090 g/mol. The summed E-state index contributed by atoms with van der Waals surface area (Å²) in [6.45, 7) is 8.33. The summed E-state index contributed by atoms with van der Waals surface area (Å²) in [5.74, 6) is 0. The van der Waals surface area contributed by atoms with Gasteiger partial charge in [-0.05, 0) is 337 Å². The highest BCUT2D eigenvalue weighted by atomic mass is 127. The molecule has 2 aliphatic rings. The zero-order valence-corrected chi connectivity index (χ0v) is 84.9. The van der Waals surface area contributed by atoms with Crippen molar-refractivity contribution in [3.8, 4) is 112 Å². The molecular formula is C133H94BBr2IN2O5. The number of furan rings is 3. The Hall–Kier alpha value is -15.7. The van der Waals surface area contributed by atoms with E-state index in [4.69, 9.17) is 22.6 Å². The SMILES string of the molecule is Brc1ccc2oc3ccc(-n4c5ccccc5c5cc(-c6ccccc6)ccc54)cc3c2c1.Brc1ccc2oc3ccc(I)cc3c2c1.CC1(C)OB(c2cccc(-c3cccc(-c4ccccc4)c3)c2)OC1(C)C.c1ccc(-c2ccc3c(c2)-c2ccccc2C3)cc1.c1ccc(-c2cccc(-c3cccc(-c4ccc5oc6ccc(-n7c8ccccc8c8cc(-c9ccccc9)ccc87)cc6c5c4)c3)c2)cc1. The number of halogens is 3. The normalized spacial score (nSPS) is 12.8. The Morgan fingerprint density at radius 3 is 0.972 bits per heavy atom. The molecule has 7 nitrogen and oxygen atoms in total. The van der Waals surface area contributed by atoms with Crippen LogP contribution in [-0.2, 0) is 15.7 Å². The smallest absolute Gasteiger partial charge is 0.456 e. The second-order valence-corrected chi connectivity index (χ2v) is 41.0. The maximum Gasteiger partial charge on any atom is 0.494 e. The molecule has 0 unspecified atom stereocenters. The Kier molecular flexibility index (Phi) is 24.4. The Morgan fingerprint density at radius 2 is 0.521 bits per heavy atom. The molecule has 0 N–H and O–H groups in total. The molecule has 690 valence electrons. The minimum atomic E-state index is -0.341. The first-order valence-corrected chi connectivity index (χ1v) is 51.4. The van der Waals surface area contributed by atoms with Gasteiger partial charge in [-0.15, -0.1) is 0 Å². The van der Waals surface area contributed by atoms with Gasteiger partial charge < -0.3 is 31.7 Å². The first kappa shape index (κ1) is 90.8. The molecule has 11 heteroatoms. The highest BCUT2D eigenvalue weighted by Gasteiger charge is 2.52. The van der Waals surface area contributed by atoms with Gasteiger partial charge in [0.1, 0.15) is 33.5 Å². The van der Waals surface area contributed by atoms with E-state index in [0.717, 1.165) is 98.2 Å². The van der Waals surface area contributed by atoms with Crippen molar-refractivity contribution in [2.24, 2.45) is 0 Å². The van der Waals surface area contributed by atoms with Gasteiger partial charge in [0.25, 0.3) is 0 Å². The van der Waals surface area contributed by atoms with Crippen molar-refractivity contribution in [2.75, 3.05) is 0 Å². The predicted molar refractivity (Wildman–Crippen MR) is 618 cm³/mol. The van der Waals surface area contributed by atoms with Crippen LogP contribution in [0.5, 0.6) is 0 Å². The first-order valence-electron chi connectivity index (χ1n) is 48.7. The summed E-state index contributed by atoms with van der Waals surface area (Å²) in [4.78, 5) is 0. The van der Waals surface area contributed by atoms with E-state index in [0.29, 0.717) is 0 Å². The number of hydrogen-bond donors (Lipinski definition) is 0. The van der Waals surface area contributed by atoms with Gasteiger partial charge in [0.15, 0.2) is 0 Å². The van der Waals surface area contributed by atoms with E-state index in [2.05, 4.69) is 540 Å². The highest BCUT2D eigenvalue weighted by Crippen LogP contribution is 2.46. The van der Waals surface area contributed by atoms with Crippen LogP contribution in [0.1, 0.15) is 38.8 Å². The Labute approximate surface area is 866 Å². The molecule has 0 spiro atoms. The molecule has 21 aromatic carbocycles. The lowest BCUT2D eigenvalue weighted by Crippen LogP contribution is -2.41. The average Bonchev–Trinajstić information content (AvgIpc) is 1.58. The van der Waals surface area contributed by atoms with Gasteiger partial charge in [-0.25, -0.2) is 0 Å². The van der Waals surface area contributed by atoms with Crippen LogP contribution in [-0.4, -0.2) is 27.5 Å². The second-order valence-electron chi connectivity index (χ2n) is 38.0. The second kappa shape index (κ2) is 38.6. The van der Waals surface area contributed by atoms with E-state index < -0.39 is 0 Å². The van der Waals surface area contributed by atoms with E-state index in [1.54, 1.807) is 0 Å². The summed E-state index contributed by atoms with van der Waals surface area (Å²) >= 11 is 9.40. The van der Waals surface area contributed by atoms with Gasteiger partial charge in [-0.1, -0.05) is 353 Å². The van der Waals surface area contributed by atoms with Gasteiger partial charge in [0.2, 0.25) is 0 Å². The van der Waals surface area contributed by atoms with Crippen molar-refractivity contribution >= 4 is 176 Å². The number of hydrogen-bond acceptors (Lipinski definition) is 5. The van der Waals surface area contributed by atoms with Crippen molar-refractivity contribution in [2.45, 2.75) is 45.3 Å². The Bertz CT molecular complexity index is 9300.